The smallest absolute Gasteiger partial charge is 0.315 e. The minimum Gasteiger partial charge on any atom is -0.485 e. The second-order valence-electron chi connectivity index (χ2n) is 6.87. The van der Waals surface area contributed by atoms with Gasteiger partial charge in [-0.25, -0.2) is 9.78 Å². The van der Waals surface area contributed by atoms with Crippen LogP contribution in [0.2, 0.25) is 15.2 Å². The Morgan fingerprint density at radius 3 is 2.66 bits per heavy atom. The molecule has 2 heterocycles. The maximum atomic E-state index is 12.5. The number of nitrogens with zero attached hydrogens (tertiary/aromatic N) is 3. The lowest BCUT2D eigenvalue weighted by atomic mass is 10.2. The molecule has 0 saturated heterocycles. The third-order valence-electron chi connectivity index (χ3n) is 4.73. The van der Waals surface area contributed by atoms with Gasteiger partial charge in [-0.05, 0) is 38.1 Å². The van der Waals surface area contributed by atoms with E-state index in [0.29, 0.717) is 45.1 Å². The molecule has 0 fully saturated rings. The van der Waals surface area contributed by atoms with E-state index in [0.717, 1.165) is 0 Å². The van der Waals surface area contributed by atoms with Crippen molar-refractivity contribution in [3.05, 3.63) is 56.9 Å². The molecule has 0 radical (unpaired) electrons. The van der Waals surface area contributed by atoms with Gasteiger partial charge < -0.3 is 20.3 Å². The summed E-state index contributed by atoms with van der Waals surface area (Å²) in [6.45, 7) is 3.92. The molecule has 0 aliphatic rings. The number of anilines is 1. The van der Waals surface area contributed by atoms with Crippen molar-refractivity contribution in [2.24, 2.45) is 0 Å². The summed E-state index contributed by atoms with van der Waals surface area (Å²) >= 11 is 19.2. The first-order valence-corrected chi connectivity index (χ1v) is 10.9. The fraction of sp³-hybridized carbons (Fsp3) is 0.286. The van der Waals surface area contributed by atoms with Crippen molar-refractivity contribution < 1.29 is 14.3 Å². The van der Waals surface area contributed by atoms with Crippen molar-refractivity contribution >= 4 is 58.1 Å². The first-order chi connectivity index (χ1) is 15.2. The van der Waals surface area contributed by atoms with E-state index in [1.165, 1.54) is 4.90 Å². The van der Waals surface area contributed by atoms with E-state index >= 15 is 0 Å². The molecular formula is C21H22Cl3N5O3. The summed E-state index contributed by atoms with van der Waals surface area (Å²) in [5.41, 5.74) is 2.21. The van der Waals surface area contributed by atoms with Gasteiger partial charge in [0.2, 0.25) is 5.91 Å². The molecule has 3 aromatic rings. The number of urea groups is 1. The van der Waals surface area contributed by atoms with Crippen molar-refractivity contribution in [1.82, 2.24) is 20.0 Å². The molecule has 32 heavy (non-hydrogen) atoms. The van der Waals surface area contributed by atoms with Crippen molar-refractivity contribution in [2.45, 2.75) is 20.5 Å². The van der Waals surface area contributed by atoms with Gasteiger partial charge >= 0.3 is 6.03 Å². The number of likely N-dealkylation sites (N-methyl/N-ethyl adjacent to an activating group) is 1. The van der Waals surface area contributed by atoms with Gasteiger partial charge in [-0.2, -0.15) is 0 Å². The van der Waals surface area contributed by atoms with Gasteiger partial charge in [0.1, 0.15) is 11.8 Å². The van der Waals surface area contributed by atoms with Crippen LogP contribution in [0.15, 0.2) is 30.5 Å². The summed E-state index contributed by atoms with van der Waals surface area (Å²) in [5, 5.41) is 6.23. The zero-order valence-corrected chi connectivity index (χ0v) is 20.0. The molecule has 2 N–H and O–H groups in total. The molecule has 0 saturated carbocycles. The topological polar surface area (TPSA) is 88.0 Å². The number of imidazole rings is 1. The summed E-state index contributed by atoms with van der Waals surface area (Å²) in [5.74, 6) is 0.162. The molecule has 0 aliphatic carbocycles. The highest BCUT2D eigenvalue weighted by molar-refractivity contribution is 6.38. The largest absolute Gasteiger partial charge is 0.485 e. The van der Waals surface area contributed by atoms with E-state index in [1.807, 2.05) is 6.92 Å². The van der Waals surface area contributed by atoms with Gasteiger partial charge in [0.15, 0.2) is 11.4 Å². The number of benzene rings is 1. The number of carbonyl (C=O) groups is 2. The van der Waals surface area contributed by atoms with Gasteiger partial charge in [-0.3, -0.25) is 9.20 Å². The highest BCUT2D eigenvalue weighted by Gasteiger charge is 2.20. The maximum absolute atomic E-state index is 12.5. The summed E-state index contributed by atoms with van der Waals surface area (Å²) in [4.78, 5) is 29.8. The average molecular weight is 499 g/mol. The lowest BCUT2D eigenvalue weighted by molar-refractivity contribution is -0.117. The van der Waals surface area contributed by atoms with Crippen LogP contribution in [0, 0.1) is 6.92 Å². The molecule has 1 aromatic carbocycles. The predicted molar refractivity (Wildman–Crippen MR) is 126 cm³/mol. The van der Waals surface area contributed by atoms with Crippen LogP contribution in [0.5, 0.6) is 5.75 Å². The number of aryl methyl sites for hydroxylation is 1. The standard InChI is InChI=1S/C21H22Cl3N5O3/c1-4-25-21(31)26-10-17(30)28(3)15-8-7-14(22)13(18(15)23)11-32-16-6-5-9-29-19(24)12(2)27-20(16)29/h5-9H,4,10-11H2,1-3H3,(H2,25,26,31). The van der Waals surface area contributed by atoms with Gasteiger partial charge in [-0.15, -0.1) is 0 Å². The molecule has 0 bridgehead atoms. The Morgan fingerprint density at radius 1 is 1.19 bits per heavy atom. The number of rotatable bonds is 7. The highest BCUT2D eigenvalue weighted by Crippen LogP contribution is 2.35. The average Bonchev–Trinajstić information content (AvgIpc) is 3.06. The fourth-order valence-electron chi connectivity index (χ4n) is 3.00. The molecule has 3 amide bonds. The van der Waals surface area contributed by atoms with E-state index < -0.39 is 6.03 Å². The summed E-state index contributed by atoms with van der Waals surface area (Å²) in [7, 11) is 1.57. The van der Waals surface area contributed by atoms with Gasteiger partial charge in [-0.1, -0.05) is 34.8 Å². The minimum absolute atomic E-state index is 0.0495. The van der Waals surface area contributed by atoms with Crippen LogP contribution >= 0.6 is 34.8 Å². The number of pyridine rings is 1. The second-order valence-corrected chi connectivity index (χ2v) is 8.01. The molecule has 8 nitrogen and oxygen atoms in total. The van der Waals surface area contributed by atoms with Crippen LogP contribution in [-0.2, 0) is 11.4 Å². The van der Waals surface area contributed by atoms with Crippen LogP contribution in [-0.4, -0.2) is 41.5 Å². The first-order valence-electron chi connectivity index (χ1n) is 9.75. The third kappa shape index (κ3) is 5.03. The molecule has 0 aliphatic heterocycles. The van der Waals surface area contributed by atoms with Crippen molar-refractivity contribution in [3.63, 3.8) is 0 Å². The molecule has 2 aromatic heterocycles. The maximum Gasteiger partial charge on any atom is 0.315 e. The number of halogens is 3. The molecule has 0 spiro atoms. The zero-order valence-electron chi connectivity index (χ0n) is 17.7. The van der Waals surface area contributed by atoms with Gasteiger partial charge in [0, 0.05) is 30.4 Å². The number of fused-ring (bicyclic) bond motifs is 1. The molecular weight excluding hydrogens is 477 g/mol. The fourth-order valence-corrected chi connectivity index (χ4v) is 3.78. The second kappa shape index (κ2) is 10.3. The predicted octanol–water partition coefficient (Wildman–Crippen LogP) is 4.46. The number of amides is 3. The zero-order chi connectivity index (χ0) is 23.4. The van der Waals surface area contributed by atoms with Crippen LogP contribution in [0.4, 0.5) is 10.5 Å². The van der Waals surface area contributed by atoms with Gasteiger partial charge in [0.25, 0.3) is 0 Å². The lowest BCUT2D eigenvalue weighted by Gasteiger charge is -2.21. The van der Waals surface area contributed by atoms with Crippen molar-refractivity contribution in [3.8, 4) is 5.75 Å². The summed E-state index contributed by atoms with van der Waals surface area (Å²) in [6, 6.07) is 6.42. The quantitative estimate of drug-likeness (QED) is 0.503. The van der Waals surface area contributed by atoms with Crippen LogP contribution in [0.1, 0.15) is 18.2 Å². The SMILES string of the molecule is CCNC(=O)NCC(=O)N(C)c1ccc(Cl)c(COc2cccn3c(Cl)c(C)nc23)c1Cl. The highest BCUT2D eigenvalue weighted by atomic mass is 35.5. The van der Waals surface area contributed by atoms with E-state index in [2.05, 4.69) is 15.6 Å². The Hall–Kier alpha value is -2.68. The summed E-state index contributed by atoms with van der Waals surface area (Å²) in [6.07, 6.45) is 1.79. The molecule has 11 heteroatoms. The Labute approximate surface area is 200 Å². The summed E-state index contributed by atoms with van der Waals surface area (Å²) < 4.78 is 7.68. The van der Waals surface area contributed by atoms with Crippen LogP contribution in [0.3, 0.4) is 0 Å². The number of carbonyl (C=O) groups excluding carboxylic acids is 2. The van der Waals surface area contributed by atoms with Gasteiger partial charge in [0.05, 0.1) is 22.9 Å². The van der Waals surface area contributed by atoms with E-state index in [1.54, 1.807) is 48.8 Å². The monoisotopic (exact) mass is 497 g/mol. The number of ether oxygens (including phenoxy) is 1. The molecule has 0 unspecified atom stereocenters. The van der Waals surface area contributed by atoms with E-state index in [-0.39, 0.29) is 24.1 Å². The Balaban J connectivity index is 1.79. The minimum atomic E-state index is -0.422. The first kappa shape index (κ1) is 24.0. The van der Waals surface area contributed by atoms with Crippen molar-refractivity contribution in [2.75, 3.05) is 25.0 Å². The molecule has 170 valence electrons. The van der Waals surface area contributed by atoms with E-state index in [4.69, 9.17) is 39.5 Å². The lowest BCUT2D eigenvalue weighted by Crippen LogP contribution is -2.42. The number of hydrogen-bond acceptors (Lipinski definition) is 4. The Morgan fingerprint density at radius 2 is 1.94 bits per heavy atom. The Bertz CT molecular complexity index is 1170. The molecule has 0 atom stereocenters. The number of aromatic nitrogens is 2. The Kier molecular flexibility index (Phi) is 7.71. The third-order valence-corrected chi connectivity index (χ3v) is 5.96. The van der Waals surface area contributed by atoms with Crippen LogP contribution in [0.25, 0.3) is 5.65 Å². The normalized spacial score (nSPS) is 10.8. The van der Waals surface area contributed by atoms with Crippen LogP contribution < -0.4 is 20.3 Å². The van der Waals surface area contributed by atoms with E-state index in [9.17, 15) is 9.59 Å². The number of nitrogens with one attached hydrogen (secondary N) is 2. The number of hydrogen-bond donors (Lipinski definition) is 2. The molecule has 3 rings (SSSR count). The van der Waals surface area contributed by atoms with Crippen molar-refractivity contribution in [1.29, 1.82) is 0 Å².